The second-order valence-electron chi connectivity index (χ2n) is 4.79. The largest absolute Gasteiger partial charge is 0.493 e. The van der Waals surface area contributed by atoms with Gasteiger partial charge in [0.2, 0.25) is 0 Å². The van der Waals surface area contributed by atoms with Gasteiger partial charge in [-0.15, -0.1) is 0 Å². The van der Waals surface area contributed by atoms with E-state index in [4.69, 9.17) is 9.47 Å². The van der Waals surface area contributed by atoms with Gasteiger partial charge in [0.1, 0.15) is 0 Å². The van der Waals surface area contributed by atoms with Crippen molar-refractivity contribution in [3.8, 4) is 22.6 Å². The van der Waals surface area contributed by atoms with Gasteiger partial charge in [0.25, 0.3) is 5.56 Å². The maximum Gasteiger partial charge on any atom is 0.255 e. The van der Waals surface area contributed by atoms with Crippen molar-refractivity contribution in [1.29, 1.82) is 0 Å². The van der Waals surface area contributed by atoms with Crippen LogP contribution >= 0.6 is 15.9 Å². The van der Waals surface area contributed by atoms with Gasteiger partial charge in [-0.3, -0.25) is 9.20 Å². The van der Waals surface area contributed by atoms with Crippen molar-refractivity contribution in [3.05, 3.63) is 63.5 Å². The van der Waals surface area contributed by atoms with Crippen LogP contribution < -0.4 is 15.0 Å². The number of benzene rings is 1. The first-order chi connectivity index (χ1) is 10.6. The summed E-state index contributed by atoms with van der Waals surface area (Å²) in [6.07, 6.45) is 1.76. The molecule has 0 unspecified atom stereocenters. The van der Waals surface area contributed by atoms with E-state index < -0.39 is 0 Å². The van der Waals surface area contributed by atoms with Crippen LogP contribution in [0.3, 0.4) is 0 Å². The molecular weight excluding hydrogens is 346 g/mol. The molecule has 0 saturated heterocycles. The van der Waals surface area contributed by atoms with Crippen molar-refractivity contribution in [2.24, 2.45) is 0 Å². The molecule has 0 bridgehead atoms. The zero-order valence-corrected chi connectivity index (χ0v) is 13.8. The average Bonchev–Trinajstić information content (AvgIpc) is 2.54. The zero-order chi connectivity index (χ0) is 15.7. The zero-order valence-electron chi connectivity index (χ0n) is 12.2. The molecule has 0 aliphatic heterocycles. The lowest BCUT2D eigenvalue weighted by Gasteiger charge is -2.10. The van der Waals surface area contributed by atoms with E-state index in [9.17, 15) is 4.79 Å². The third kappa shape index (κ3) is 2.60. The summed E-state index contributed by atoms with van der Waals surface area (Å²) < 4.78 is 13.0. The van der Waals surface area contributed by atoms with E-state index in [1.165, 1.54) is 0 Å². The lowest BCUT2D eigenvalue weighted by atomic mass is 10.1. The maximum atomic E-state index is 12.3. The predicted molar refractivity (Wildman–Crippen MR) is 89.9 cm³/mol. The van der Waals surface area contributed by atoms with Crippen molar-refractivity contribution in [1.82, 2.24) is 4.40 Å². The van der Waals surface area contributed by atoms with Crippen LogP contribution in [-0.4, -0.2) is 18.6 Å². The molecule has 0 saturated carbocycles. The highest BCUT2D eigenvalue weighted by molar-refractivity contribution is 9.10. The molecule has 1 aromatic carbocycles. The number of hydrogen-bond donors (Lipinski definition) is 0. The van der Waals surface area contributed by atoms with E-state index in [2.05, 4.69) is 15.9 Å². The summed E-state index contributed by atoms with van der Waals surface area (Å²) in [5.41, 5.74) is 2.50. The van der Waals surface area contributed by atoms with Gasteiger partial charge in [-0.05, 0) is 57.4 Å². The molecule has 0 fully saturated rings. The van der Waals surface area contributed by atoms with Crippen LogP contribution in [0.2, 0.25) is 0 Å². The first kappa shape index (κ1) is 14.7. The molecule has 0 aliphatic rings. The number of methoxy groups -OCH3 is 2. The van der Waals surface area contributed by atoms with Gasteiger partial charge in [-0.2, -0.15) is 0 Å². The maximum absolute atomic E-state index is 12.3. The van der Waals surface area contributed by atoms with Crippen molar-refractivity contribution < 1.29 is 9.47 Å². The normalized spacial score (nSPS) is 10.7. The average molecular weight is 360 g/mol. The molecule has 0 spiro atoms. The van der Waals surface area contributed by atoms with Gasteiger partial charge in [0.15, 0.2) is 11.5 Å². The molecular formula is C17H14BrNO3. The van der Waals surface area contributed by atoms with Crippen LogP contribution in [0, 0.1) is 0 Å². The Morgan fingerprint density at radius 3 is 2.41 bits per heavy atom. The van der Waals surface area contributed by atoms with Crippen molar-refractivity contribution in [2.45, 2.75) is 0 Å². The van der Waals surface area contributed by atoms with E-state index in [0.29, 0.717) is 11.5 Å². The van der Waals surface area contributed by atoms with Crippen molar-refractivity contribution in [2.75, 3.05) is 14.2 Å². The minimum absolute atomic E-state index is 0.0800. The third-order valence-corrected chi connectivity index (χ3v) is 3.95. The molecule has 0 aliphatic carbocycles. The SMILES string of the molecule is COc1ccc(-c2cc(=O)n3cc(Br)ccc3c2)cc1OC. The minimum Gasteiger partial charge on any atom is -0.493 e. The molecule has 4 nitrogen and oxygen atoms in total. The molecule has 0 atom stereocenters. The van der Waals surface area contributed by atoms with Crippen LogP contribution in [0.4, 0.5) is 0 Å². The number of hydrogen-bond acceptors (Lipinski definition) is 3. The van der Waals surface area contributed by atoms with Crippen molar-refractivity contribution >= 4 is 21.4 Å². The van der Waals surface area contributed by atoms with E-state index >= 15 is 0 Å². The summed E-state index contributed by atoms with van der Waals surface area (Å²) >= 11 is 3.37. The molecule has 2 heterocycles. The first-order valence-corrected chi connectivity index (χ1v) is 7.46. The fourth-order valence-electron chi connectivity index (χ4n) is 2.38. The lowest BCUT2D eigenvalue weighted by molar-refractivity contribution is 0.355. The van der Waals surface area contributed by atoms with Crippen molar-refractivity contribution in [3.63, 3.8) is 0 Å². The number of rotatable bonds is 3. The summed E-state index contributed by atoms with van der Waals surface area (Å²) in [6, 6.07) is 13.0. The Morgan fingerprint density at radius 2 is 1.68 bits per heavy atom. The van der Waals surface area contributed by atoms with Crippen LogP contribution in [0.25, 0.3) is 16.6 Å². The Bertz CT molecular complexity index is 902. The third-order valence-electron chi connectivity index (χ3n) is 3.48. The van der Waals surface area contributed by atoms with Gasteiger partial charge in [-0.1, -0.05) is 6.07 Å². The second kappa shape index (κ2) is 5.85. The number of aromatic nitrogens is 1. The predicted octanol–water partition coefficient (Wildman–Crippen LogP) is 3.75. The van der Waals surface area contributed by atoms with Crippen LogP contribution in [0.5, 0.6) is 11.5 Å². The van der Waals surface area contributed by atoms with E-state index in [-0.39, 0.29) is 5.56 Å². The molecule has 3 aromatic rings. The van der Waals surface area contributed by atoms with Gasteiger partial charge in [0.05, 0.1) is 14.2 Å². The number of pyridine rings is 2. The first-order valence-electron chi connectivity index (χ1n) is 6.67. The minimum atomic E-state index is -0.0800. The molecule has 22 heavy (non-hydrogen) atoms. The second-order valence-corrected chi connectivity index (χ2v) is 5.71. The highest BCUT2D eigenvalue weighted by Gasteiger charge is 2.08. The Hall–Kier alpha value is -2.27. The Morgan fingerprint density at radius 1 is 0.909 bits per heavy atom. The topological polar surface area (TPSA) is 39.9 Å². The standard InChI is InChI=1S/C17H14BrNO3/c1-21-15-6-3-11(8-16(15)22-2)12-7-14-5-4-13(18)10-19(14)17(20)9-12/h3-10H,1-2H3. The Kier molecular flexibility index (Phi) is 3.90. The van der Waals surface area contributed by atoms with E-state index in [1.54, 1.807) is 30.9 Å². The molecule has 0 radical (unpaired) electrons. The molecule has 5 heteroatoms. The number of ether oxygens (including phenoxy) is 2. The van der Waals surface area contributed by atoms with Crippen LogP contribution in [-0.2, 0) is 0 Å². The highest BCUT2D eigenvalue weighted by atomic mass is 79.9. The van der Waals surface area contributed by atoms with E-state index in [0.717, 1.165) is 21.1 Å². The van der Waals surface area contributed by atoms with E-state index in [1.807, 2.05) is 36.4 Å². The molecule has 2 aromatic heterocycles. The highest BCUT2D eigenvalue weighted by Crippen LogP contribution is 2.32. The lowest BCUT2D eigenvalue weighted by Crippen LogP contribution is -2.12. The molecule has 0 N–H and O–H groups in total. The van der Waals surface area contributed by atoms with Crippen LogP contribution in [0.1, 0.15) is 0 Å². The smallest absolute Gasteiger partial charge is 0.255 e. The number of fused-ring (bicyclic) bond motifs is 1. The molecule has 0 amide bonds. The van der Waals surface area contributed by atoms with Gasteiger partial charge < -0.3 is 9.47 Å². The summed E-state index contributed by atoms with van der Waals surface area (Å²) in [5, 5.41) is 0. The number of halogens is 1. The Labute approximate surface area is 136 Å². The number of nitrogens with zero attached hydrogens (tertiary/aromatic N) is 1. The summed E-state index contributed by atoms with van der Waals surface area (Å²) in [6.45, 7) is 0. The summed E-state index contributed by atoms with van der Waals surface area (Å²) in [5.74, 6) is 1.30. The fraction of sp³-hybridized carbons (Fsp3) is 0.118. The van der Waals surface area contributed by atoms with Crippen LogP contribution in [0.15, 0.2) is 57.9 Å². The van der Waals surface area contributed by atoms with Gasteiger partial charge in [0, 0.05) is 22.3 Å². The Balaban J connectivity index is 2.18. The quantitative estimate of drug-likeness (QED) is 0.714. The summed E-state index contributed by atoms with van der Waals surface area (Å²) in [4.78, 5) is 12.3. The van der Waals surface area contributed by atoms with Gasteiger partial charge >= 0.3 is 0 Å². The molecule has 3 rings (SSSR count). The summed E-state index contributed by atoms with van der Waals surface area (Å²) in [7, 11) is 3.19. The fourth-order valence-corrected chi connectivity index (χ4v) is 2.72. The molecule has 112 valence electrons. The monoisotopic (exact) mass is 359 g/mol. The van der Waals surface area contributed by atoms with Gasteiger partial charge in [-0.25, -0.2) is 0 Å².